The molecule has 0 saturated carbocycles. The number of rotatable bonds is 8. The Morgan fingerprint density at radius 2 is 2.27 bits per heavy atom. The molecule has 0 atom stereocenters. The van der Waals surface area contributed by atoms with Gasteiger partial charge in [0, 0.05) is 19.5 Å². The lowest BCUT2D eigenvalue weighted by Gasteiger charge is -2.12. The summed E-state index contributed by atoms with van der Waals surface area (Å²) < 4.78 is 10.8. The van der Waals surface area contributed by atoms with Crippen molar-refractivity contribution in [2.45, 2.75) is 13.0 Å². The van der Waals surface area contributed by atoms with Crippen LogP contribution in [0.3, 0.4) is 0 Å². The molecule has 2 rings (SSSR count). The molecule has 1 aromatic heterocycles. The summed E-state index contributed by atoms with van der Waals surface area (Å²) in [4.78, 5) is 13.6. The Morgan fingerprint density at radius 1 is 1.45 bits per heavy atom. The summed E-state index contributed by atoms with van der Waals surface area (Å²) in [5, 5.41) is 0. The first-order chi connectivity index (χ1) is 10.6. The lowest BCUT2D eigenvalue weighted by molar-refractivity contribution is 0.312. The Hall–Kier alpha value is -2.06. The average molecular weight is 323 g/mol. The first kappa shape index (κ1) is 16.3. The zero-order valence-electron chi connectivity index (χ0n) is 12.8. The molecule has 0 fully saturated rings. The molecule has 0 unspecified atom stereocenters. The molecule has 7 nitrogen and oxygen atoms in total. The van der Waals surface area contributed by atoms with E-state index in [1.807, 2.05) is 32.3 Å². The zero-order chi connectivity index (χ0) is 15.9. The summed E-state index contributed by atoms with van der Waals surface area (Å²) in [6, 6.07) is 8.06. The quantitative estimate of drug-likeness (QED) is 0.704. The standard InChI is InChI=1S/C14H21N5O2S/c1-18(2)10-11-5-3-6-12(9-11)21-8-4-7-16-19-14(20)13(15)17-22-19/h3,5-6,9,16H,4,7-8,10H2,1-2H3,(H2,15,17). The van der Waals surface area contributed by atoms with Gasteiger partial charge in [-0.2, -0.15) is 8.44 Å². The number of anilines is 1. The lowest BCUT2D eigenvalue weighted by atomic mass is 10.2. The molecule has 0 aliphatic heterocycles. The van der Waals surface area contributed by atoms with Crippen LogP contribution in [0, 0.1) is 0 Å². The molecule has 0 bridgehead atoms. The van der Waals surface area contributed by atoms with Crippen molar-refractivity contribution in [1.29, 1.82) is 0 Å². The van der Waals surface area contributed by atoms with Crippen LogP contribution in [0.25, 0.3) is 0 Å². The number of aromatic nitrogens is 2. The number of hydrogen-bond acceptors (Lipinski definition) is 7. The minimum absolute atomic E-state index is 0.0199. The molecule has 0 amide bonds. The van der Waals surface area contributed by atoms with Crippen LogP contribution in [0.1, 0.15) is 12.0 Å². The van der Waals surface area contributed by atoms with E-state index >= 15 is 0 Å². The van der Waals surface area contributed by atoms with Crippen LogP contribution in [0.2, 0.25) is 0 Å². The molecule has 8 heteroatoms. The molecule has 0 radical (unpaired) electrons. The zero-order valence-corrected chi connectivity index (χ0v) is 13.6. The number of nitrogen functional groups attached to an aromatic ring is 1. The smallest absolute Gasteiger partial charge is 0.323 e. The van der Waals surface area contributed by atoms with E-state index in [0.29, 0.717) is 13.2 Å². The van der Waals surface area contributed by atoms with Gasteiger partial charge in [0.25, 0.3) is 0 Å². The Balaban J connectivity index is 1.72. The number of ether oxygens (including phenoxy) is 1. The largest absolute Gasteiger partial charge is 0.494 e. The summed E-state index contributed by atoms with van der Waals surface area (Å²) in [6.07, 6.45) is 0.766. The number of nitrogens with one attached hydrogen (secondary N) is 1. The third-order valence-electron chi connectivity index (χ3n) is 2.87. The highest BCUT2D eigenvalue weighted by Crippen LogP contribution is 2.14. The van der Waals surface area contributed by atoms with Gasteiger partial charge in [0.1, 0.15) is 5.75 Å². The highest BCUT2D eigenvalue weighted by atomic mass is 32.1. The molecule has 0 aliphatic carbocycles. The van der Waals surface area contributed by atoms with E-state index in [1.165, 1.54) is 9.63 Å². The van der Waals surface area contributed by atoms with Gasteiger partial charge in [-0.1, -0.05) is 12.1 Å². The number of nitrogens with zero attached hydrogens (tertiary/aromatic N) is 3. The van der Waals surface area contributed by atoms with E-state index in [1.54, 1.807) is 0 Å². The van der Waals surface area contributed by atoms with Gasteiger partial charge in [0.05, 0.1) is 18.3 Å². The Bertz CT molecular complexity index is 653. The second-order valence-electron chi connectivity index (χ2n) is 5.15. The fourth-order valence-corrected chi connectivity index (χ4v) is 2.47. The fourth-order valence-electron chi connectivity index (χ4n) is 1.91. The van der Waals surface area contributed by atoms with Crippen molar-refractivity contribution >= 4 is 17.5 Å². The third-order valence-corrected chi connectivity index (χ3v) is 3.60. The van der Waals surface area contributed by atoms with E-state index < -0.39 is 0 Å². The van der Waals surface area contributed by atoms with Crippen LogP contribution in [0.15, 0.2) is 29.1 Å². The molecule has 2 aromatic rings. The minimum Gasteiger partial charge on any atom is -0.494 e. The van der Waals surface area contributed by atoms with Gasteiger partial charge in [-0.05, 0) is 31.8 Å². The predicted molar refractivity (Wildman–Crippen MR) is 89.0 cm³/mol. The van der Waals surface area contributed by atoms with E-state index in [4.69, 9.17) is 10.5 Å². The topological polar surface area (TPSA) is 85.4 Å². The van der Waals surface area contributed by atoms with E-state index in [9.17, 15) is 4.79 Å². The molecule has 120 valence electrons. The van der Waals surface area contributed by atoms with Gasteiger partial charge in [-0.15, -0.1) is 0 Å². The maximum Gasteiger partial charge on any atom is 0.323 e. The highest BCUT2D eigenvalue weighted by Gasteiger charge is 2.03. The molecule has 1 aromatic carbocycles. The molecule has 0 aliphatic rings. The second kappa shape index (κ2) is 7.81. The van der Waals surface area contributed by atoms with Crippen molar-refractivity contribution in [3.8, 4) is 5.75 Å². The van der Waals surface area contributed by atoms with Crippen LogP contribution in [-0.4, -0.2) is 40.6 Å². The van der Waals surface area contributed by atoms with Gasteiger partial charge in [-0.25, -0.2) is 0 Å². The van der Waals surface area contributed by atoms with Gasteiger partial charge in [-0.3, -0.25) is 4.79 Å². The second-order valence-corrected chi connectivity index (χ2v) is 5.86. The monoisotopic (exact) mass is 323 g/mol. The van der Waals surface area contributed by atoms with Gasteiger partial charge < -0.3 is 20.8 Å². The Morgan fingerprint density at radius 3 is 2.95 bits per heavy atom. The Labute approximate surface area is 133 Å². The summed E-state index contributed by atoms with van der Waals surface area (Å²) in [7, 11) is 4.07. The van der Waals surface area contributed by atoms with Crippen LogP contribution < -0.4 is 21.5 Å². The van der Waals surface area contributed by atoms with Crippen LogP contribution >= 0.6 is 11.7 Å². The van der Waals surface area contributed by atoms with Crippen molar-refractivity contribution in [3.05, 3.63) is 40.2 Å². The third kappa shape index (κ3) is 4.74. The number of benzene rings is 1. The van der Waals surface area contributed by atoms with E-state index in [-0.39, 0.29) is 11.4 Å². The molecule has 1 heterocycles. The molecule has 0 saturated heterocycles. The van der Waals surface area contributed by atoms with Gasteiger partial charge in [0.2, 0.25) is 5.82 Å². The Kier molecular flexibility index (Phi) is 5.79. The van der Waals surface area contributed by atoms with Gasteiger partial charge in [0.15, 0.2) is 0 Å². The maximum atomic E-state index is 11.5. The van der Waals surface area contributed by atoms with Crippen LogP contribution in [-0.2, 0) is 6.54 Å². The summed E-state index contributed by atoms with van der Waals surface area (Å²) >= 11 is 1.01. The normalized spacial score (nSPS) is 10.9. The van der Waals surface area contributed by atoms with Crippen molar-refractivity contribution in [1.82, 2.24) is 13.3 Å². The molecule has 3 N–H and O–H groups in total. The minimum atomic E-state index is -0.303. The van der Waals surface area contributed by atoms with E-state index in [0.717, 1.165) is 30.4 Å². The van der Waals surface area contributed by atoms with Crippen LogP contribution in [0.5, 0.6) is 5.75 Å². The molecule has 22 heavy (non-hydrogen) atoms. The van der Waals surface area contributed by atoms with Crippen molar-refractivity contribution in [2.75, 3.05) is 38.4 Å². The summed E-state index contributed by atoms with van der Waals surface area (Å²) in [6.45, 7) is 2.06. The maximum absolute atomic E-state index is 11.5. The predicted octanol–water partition coefficient (Wildman–Crippen LogP) is 0.961. The SMILES string of the molecule is CN(C)Cc1cccc(OCCCNn2snc(N)c2=O)c1. The van der Waals surface area contributed by atoms with Crippen LogP contribution in [0.4, 0.5) is 5.82 Å². The first-order valence-corrected chi connectivity index (χ1v) is 7.74. The molecular weight excluding hydrogens is 302 g/mol. The van der Waals surface area contributed by atoms with Gasteiger partial charge >= 0.3 is 5.56 Å². The highest BCUT2D eigenvalue weighted by molar-refractivity contribution is 7.00. The first-order valence-electron chi connectivity index (χ1n) is 7.01. The summed E-state index contributed by atoms with van der Waals surface area (Å²) in [5.74, 6) is 0.880. The number of nitrogens with two attached hydrogens (primary N) is 1. The average Bonchev–Trinajstić information content (AvgIpc) is 2.78. The summed E-state index contributed by atoms with van der Waals surface area (Å²) in [5.41, 5.74) is 9.26. The lowest BCUT2D eigenvalue weighted by Crippen LogP contribution is -2.26. The fraction of sp³-hybridized carbons (Fsp3) is 0.429. The van der Waals surface area contributed by atoms with Crippen molar-refractivity contribution in [2.24, 2.45) is 0 Å². The van der Waals surface area contributed by atoms with E-state index in [2.05, 4.69) is 20.8 Å². The molecule has 0 spiro atoms. The van der Waals surface area contributed by atoms with Crippen molar-refractivity contribution in [3.63, 3.8) is 0 Å². The molecular formula is C14H21N5O2S. The van der Waals surface area contributed by atoms with Crippen molar-refractivity contribution < 1.29 is 4.74 Å². The number of hydrogen-bond donors (Lipinski definition) is 2.